The summed E-state index contributed by atoms with van der Waals surface area (Å²) >= 11 is 0. The molecule has 1 saturated heterocycles. The number of quaternary nitrogens is 1. The van der Waals surface area contributed by atoms with Crippen molar-refractivity contribution in [3.8, 4) is 17.2 Å². The summed E-state index contributed by atoms with van der Waals surface area (Å²) in [5.41, 5.74) is 1.28. The summed E-state index contributed by atoms with van der Waals surface area (Å²) < 4.78 is 47.6. The Balaban J connectivity index is 0.000000821. The van der Waals surface area contributed by atoms with Gasteiger partial charge in [0.05, 0.1) is 34.3 Å². The SMILES string of the molecule is COc1ccc(C(=O)CCCCC(=O)[NH2+][C@H](CN2CCCC2)[C@H](O)c2ccc(OC)cc2OC)cc1.O=C(O)C(F)(F)F. The van der Waals surface area contributed by atoms with Crippen molar-refractivity contribution in [2.45, 2.75) is 56.8 Å². The maximum absolute atomic E-state index is 12.9. The van der Waals surface area contributed by atoms with Gasteiger partial charge in [0.25, 0.3) is 0 Å². The predicted octanol–water partition coefficient (Wildman–Crippen LogP) is 3.38. The Bertz CT molecular complexity index is 1180. The predicted molar refractivity (Wildman–Crippen MR) is 150 cm³/mol. The number of unbranched alkanes of at least 4 members (excludes halogenated alkanes) is 1. The molecule has 0 saturated carbocycles. The second-order valence-corrected chi connectivity index (χ2v) is 10.0. The molecule has 2 aromatic rings. The number of methoxy groups -OCH3 is 3. The van der Waals surface area contributed by atoms with Gasteiger partial charge in [-0.1, -0.05) is 0 Å². The van der Waals surface area contributed by atoms with Gasteiger partial charge >= 0.3 is 18.1 Å². The minimum Gasteiger partial charge on any atom is -0.497 e. The molecule has 0 spiro atoms. The number of primary amides is 1. The number of Topliss-reactive ketones (excluding diaryl/α,β-unsaturated/α-hetero) is 1. The molecular weight excluding hydrogens is 573 g/mol. The average Bonchev–Trinajstić information content (AvgIpc) is 3.51. The zero-order chi connectivity index (χ0) is 32.0. The van der Waals surface area contributed by atoms with E-state index in [1.165, 1.54) is 0 Å². The van der Waals surface area contributed by atoms with E-state index in [-0.39, 0.29) is 17.7 Å². The first kappa shape index (κ1) is 35.5. The third-order valence-electron chi connectivity index (χ3n) is 6.96. The Kier molecular flexibility index (Phi) is 14.4. The van der Waals surface area contributed by atoms with E-state index in [0.29, 0.717) is 60.6 Å². The van der Waals surface area contributed by atoms with Crippen LogP contribution >= 0.6 is 0 Å². The van der Waals surface area contributed by atoms with Crippen LogP contribution in [0.15, 0.2) is 42.5 Å². The summed E-state index contributed by atoms with van der Waals surface area (Å²) in [7, 11) is 4.73. The van der Waals surface area contributed by atoms with Gasteiger partial charge in [-0.05, 0) is 75.2 Å². The van der Waals surface area contributed by atoms with Crippen LogP contribution in [0.2, 0.25) is 0 Å². The zero-order valence-corrected chi connectivity index (χ0v) is 24.6. The van der Waals surface area contributed by atoms with Gasteiger partial charge in [0.1, 0.15) is 29.4 Å². The summed E-state index contributed by atoms with van der Waals surface area (Å²) in [5, 5.41) is 20.1. The molecule has 0 aliphatic carbocycles. The fraction of sp³-hybridized carbons (Fsp3) is 0.500. The van der Waals surface area contributed by atoms with Gasteiger partial charge in [0.15, 0.2) is 5.78 Å². The summed E-state index contributed by atoms with van der Waals surface area (Å²) in [6.07, 6.45) is -1.71. The minimum atomic E-state index is -5.08. The second kappa shape index (κ2) is 17.4. The van der Waals surface area contributed by atoms with Crippen LogP contribution in [0.5, 0.6) is 17.2 Å². The van der Waals surface area contributed by atoms with Gasteiger partial charge in [0, 0.05) is 23.6 Å². The lowest BCUT2D eigenvalue weighted by Gasteiger charge is -2.26. The van der Waals surface area contributed by atoms with E-state index in [9.17, 15) is 27.9 Å². The Morgan fingerprint density at radius 3 is 2.00 bits per heavy atom. The van der Waals surface area contributed by atoms with E-state index in [4.69, 9.17) is 24.1 Å². The molecule has 238 valence electrons. The van der Waals surface area contributed by atoms with Crippen LogP contribution < -0.4 is 19.5 Å². The number of carboxylic acids is 1. The van der Waals surface area contributed by atoms with Crippen LogP contribution in [0, 0.1) is 0 Å². The number of aliphatic hydroxyl groups excluding tert-OH is 1. The number of ketones is 1. The number of halogens is 3. The number of nitrogens with zero attached hydrogens (tertiary/aromatic N) is 1. The van der Waals surface area contributed by atoms with E-state index < -0.39 is 18.2 Å². The van der Waals surface area contributed by atoms with Crippen molar-refractivity contribution in [1.82, 2.24) is 4.90 Å². The number of alkyl halides is 3. The molecular formula is C30H40F3N2O8+. The Hall–Kier alpha value is -3.68. The molecule has 0 aromatic heterocycles. The standard InChI is InChI=1S/C28H38N2O6.C2HF3O2/c1-34-21-12-10-20(11-13-21)25(31)8-4-5-9-27(32)29-24(19-30-16-6-7-17-30)28(33)23-15-14-22(35-2)18-26(23)36-3;3-2(4,5)1(6)7/h10-15,18,24,28,33H,4-9,16-17,19H2,1-3H3,(H,29,32);(H,6,7)/p+1/t24-,28-;/m1./s1. The fourth-order valence-corrected chi connectivity index (χ4v) is 4.63. The lowest BCUT2D eigenvalue weighted by Crippen LogP contribution is -2.95. The van der Waals surface area contributed by atoms with Gasteiger partial charge < -0.3 is 24.4 Å². The fourth-order valence-electron chi connectivity index (χ4n) is 4.63. The highest BCUT2D eigenvalue weighted by molar-refractivity contribution is 5.96. The van der Waals surface area contributed by atoms with Crippen LogP contribution in [0.4, 0.5) is 13.2 Å². The lowest BCUT2D eigenvalue weighted by molar-refractivity contribution is -0.616. The Morgan fingerprint density at radius 1 is 0.907 bits per heavy atom. The van der Waals surface area contributed by atoms with E-state index in [1.807, 2.05) is 0 Å². The summed E-state index contributed by atoms with van der Waals surface area (Å²) in [5.74, 6) is -0.821. The van der Waals surface area contributed by atoms with E-state index in [1.54, 1.807) is 69.1 Å². The topological polar surface area (TPSA) is 139 Å². The Morgan fingerprint density at radius 2 is 1.47 bits per heavy atom. The molecule has 2 atom stereocenters. The quantitative estimate of drug-likeness (QED) is 0.216. The number of likely N-dealkylation sites (tertiary alicyclic amines) is 1. The molecule has 1 amide bonds. The molecule has 0 unspecified atom stereocenters. The van der Waals surface area contributed by atoms with Crippen molar-refractivity contribution in [3.63, 3.8) is 0 Å². The second-order valence-electron chi connectivity index (χ2n) is 10.0. The highest BCUT2D eigenvalue weighted by Crippen LogP contribution is 2.31. The van der Waals surface area contributed by atoms with Gasteiger partial charge in [-0.2, -0.15) is 13.2 Å². The Labute approximate surface area is 248 Å². The number of hydrogen-bond donors (Lipinski definition) is 3. The number of hydrogen-bond acceptors (Lipinski definition) is 8. The van der Waals surface area contributed by atoms with Crippen LogP contribution in [0.25, 0.3) is 0 Å². The van der Waals surface area contributed by atoms with Crippen LogP contribution in [0.1, 0.15) is 60.6 Å². The number of nitrogens with two attached hydrogens (primary N) is 1. The molecule has 1 aliphatic rings. The molecule has 43 heavy (non-hydrogen) atoms. The highest BCUT2D eigenvalue weighted by Gasteiger charge is 2.38. The average molecular weight is 614 g/mol. The number of benzene rings is 2. The summed E-state index contributed by atoms with van der Waals surface area (Å²) in [6, 6.07) is 12.0. The number of carboxylic acid groups (broad SMARTS) is 1. The smallest absolute Gasteiger partial charge is 0.490 e. The molecule has 13 heteroatoms. The van der Waals surface area contributed by atoms with Crippen molar-refractivity contribution in [2.24, 2.45) is 0 Å². The molecule has 4 N–H and O–H groups in total. The van der Waals surface area contributed by atoms with Gasteiger partial charge in [0.2, 0.25) is 0 Å². The number of ether oxygens (including phenoxy) is 3. The van der Waals surface area contributed by atoms with Crippen LogP contribution in [-0.4, -0.2) is 86.0 Å². The first-order chi connectivity index (χ1) is 20.4. The molecule has 0 bridgehead atoms. The van der Waals surface area contributed by atoms with Gasteiger partial charge in [-0.25, -0.2) is 9.59 Å². The monoisotopic (exact) mass is 613 g/mol. The maximum atomic E-state index is 12.9. The third-order valence-corrected chi connectivity index (χ3v) is 6.96. The van der Waals surface area contributed by atoms with Crippen molar-refractivity contribution in [3.05, 3.63) is 53.6 Å². The number of carbonyl (C=O) groups excluding carboxylic acids is 2. The number of carbonyl (C=O) groups is 3. The summed E-state index contributed by atoms with van der Waals surface area (Å²) in [6.45, 7) is 2.55. The van der Waals surface area contributed by atoms with Crippen LogP contribution in [-0.2, 0) is 9.59 Å². The number of aliphatic hydroxyl groups is 1. The normalized spacial score (nSPS) is 14.7. The van der Waals surface area contributed by atoms with Gasteiger partial charge in [-0.3, -0.25) is 15.0 Å². The number of amides is 1. The largest absolute Gasteiger partial charge is 0.497 e. The molecule has 2 aromatic carbocycles. The molecule has 1 fully saturated rings. The minimum absolute atomic E-state index is 0.0115. The number of rotatable bonds is 14. The van der Waals surface area contributed by atoms with Crippen LogP contribution in [0.3, 0.4) is 0 Å². The van der Waals surface area contributed by atoms with E-state index in [2.05, 4.69) is 4.90 Å². The number of aliphatic carboxylic acids is 1. The molecule has 0 radical (unpaired) electrons. The van der Waals surface area contributed by atoms with Crippen molar-refractivity contribution >= 4 is 17.7 Å². The third kappa shape index (κ3) is 11.8. The zero-order valence-electron chi connectivity index (χ0n) is 24.6. The van der Waals surface area contributed by atoms with Crippen molar-refractivity contribution in [1.29, 1.82) is 0 Å². The lowest BCUT2D eigenvalue weighted by atomic mass is 9.99. The van der Waals surface area contributed by atoms with E-state index >= 15 is 0 Å². The summed E-state index contributed by atoms with van der Waals surface area (Å²) in [4.78, 5) is 36.5. The van der Waals surface area contributed by atoms with Crippen molar-refractivity contribution in [2.75, 3.05) is 41.0 Å². The van der Waals surface area contributed by atoms with E-state index in [0.717, 1.165) is 25.9 Å². The highest BCUT2D eigenvalue weighted by atomic mass is 19.4. The first-order valence-electron chi connectivity index (χ1n) is 13.9. The molecule has 3 rings (SSSR count). The van der Waals surface area contributed by atoms with Crippen molar-refractivity contribution < 1.29 is 57.3 Å². The molecule has 10 nitrogen and oxygen atoms in total. The maximum Gasteiger partial charge on any atom is 0.490 e. The van der Waals surface area contributed by atoms with Gasteiger partial charge in [-0.15, -0.1) is 0 Å². The molecule has 1 aliphatic heterocycles. The molecule has 1 heterocycles. The first-order valence-corrected chi connectivity index (χ1v) is 13.9.